The van der Waals surface area contributed by atoms with Gasteiger partial charge in [0.15, 0.2) is 5.75 Å². The largest absolute Gasteiger partial charge is 0.503 e. The molecule has 0 unspecified atom stereocenters. The van der Waals surface area contributed by atoms with Crippen LogP contribution < -0.4 is 5.56 Å². The second kappa shape index (κ2) is 6.49. The molecular weight excluding hydrogens is 333 g/mol. The third-order valence-electron chi connectivity index (χ3n) is 3.52. The summed E-state index contributed by atoms with van der Waals surface area (Å²) in [6, 6.07) is 16.0. The highest BCUT2D eigenvalue weighted by molar-refractivity contribution is 6.31. The molecule has 0 amide bonds. The van der Waals surface area contributed by atoms with Gasteiger partial charge in [0.25, 0.3) is 5.56 Å². The zero-order valence-corrected chi connectivity index (χ0v) is 13.6. The molecule has 0 aliphatic rings. The first-order chi connectivity index (χ1) is 11.0. The van der Waals surface area contributed by atoms with Crippen LogP contribution in [-0.2, 0) is 6.54 Å². The molecule has 1 heterocycles. The second-order valence-corrected chi connectivity index (χ2v) is 5.99. The van der Waals surface area contributed by atoms with Gasteiger partial charge < -0.3 is 9.67 Å². The third kappa shape index (κ3) is 3.41. The first-order valence-corrected chi connectivity index (χ1v) is 7.73. The minimum atomic E-state index is -0.462. The summed E-state index contributed by atoms with van der Waals surface area (Å²) >= 11 is 12.2. The molecule has 0 saturated heterocycles. The van der Waals surface area contributed by atoms with E-state index in [9.17, 15) is 9.90 Å². The number of benzene rings is 2. The molecule has 0 fully saturated rings. The Morgan fingerprint density at radius 1 is 0.957 bits per heavy atom. The Hall–Kier alpha value is -2.23. The lowest BCUT2D eigenvalue weighted by molar-refractivity contribution is 0.459. The van der Waals surface area contributed by atoms with Gasteiger partial charge in [-0.2, -0.15) is 0 Å². The van der Waals surface area contributed by atoms with E-state index >= 15 is 0 Å². The van der Waals surface area contributed by atoms with Crippen LogP contribution in [0.25, 0.3) is 11.1 Å². The van der Waals surface area contributed by atoms with Gasteiger partial charge in [-0.25, -0.2) is 0 Å². The monoisotopic (exact) mass is 345 g/mol. The Balaban J connectivity index is 2.07. The second-order valence-electron chi connectivity index (χ2n) is 5.15. The third-order valence-corrected chi connectivity index (χ3v) is 4.13. The molecule has 23 heavy (non-hydrogen) atoms. The topological polar surface area (TPSA) is 42.2 Å². The maximum atomic E-state index is 12.2. The quantitative estimate of drug-likeness (QED) is 0.755. The Bertz CT molecular complexity index is 919. The number of aromatic hydroxyl groups is 1. The van der Waals surface area contributed by atoms with Gasteiger partial charge in [0.1, 0.15) is 0 Å². The van der Waals surface area contributed by atoms with Gasteiger partial charge in [-0.3, -0.25) is 4.79 Å². The van der Waals surface area contributed by atoms with Crippen LogP contribution in [0.5, 0.6) is 5.75 Å². The van der Waals surface area contributed by atoms with E-state index in [1.807, 2.05) is 30.3 Å². The van der Waals surface area contributed by atoms with Crippen LogP contribution in [-0.4, -0.2) is 9.67 Å². The fourth-order valence-corrected chi connectivity index (χ4v) is 2.76. The lowest BCUT2D eigenvalue weighted by Crippen LogP contribution is -2.20. The molecule has 3 rings (SSSR count). The van der Waals surface area contributed by atoms with Gasteiger partial charge in [0, 0.05) is 21.8 Å². The smallest absolute Gasteiger partial charge is 0.292 e. The van der Waals surface area contributed by atoms with Crippen LogP contribution in [0.2, 0.25) is 10.0 Å². The summed E-state index contributed by atoms with van der Waals surface area (Å²) in [7, 11) is 0. The molecule has 116 valence electrons. The Kier molecular flexibility index (Phi) is 4.42. The summed E-state index contributed by atoms with van der Waals surface area (Å²) in [5.41, 5.74) is 1.87. The van der Waals surface area contributed by atoms with E-state index in [2.05, 4.69) is 0 Å². The lowest BCUT2D eigenvalue weighted by Gasteiger charge is -2.11. The van der Waals surface area contributed by atoms with E-state index in [1.54, 1.807) is 24.4 Å². The van der Waals surface area contributed by atoms with Crippen molar-refractivity contribution in [1.29, 1.82) is 0 Å². The van der Waals surface area contributed by atoms with Crippen molar-refractivity contribution in [3.63, 3.8) is 0 Å². The summed E-state index contributed by atoms with van der Waals surface area (Å²) in [6.07, 6.45) is 1.69. The zero-order valence-electron chi connectivity index (χ0n) is 12.0. The number of aromatic nitrogens is 1. The first-order valence-electron chi connectivity index (χ1n) is 6.97. The minimum absolute atomic E-state index is 0.278. The molecule has 3 aromatic rings. The van der Waals surface area contributed by atoms with Gasteiger partial charge in [0.05, 0.1) is 6.54 Å². The van der Waals surface area contributed by atoms with Crippen molar-refractivity contribution in [1.82, 2.24) is 4.57 Å². The number of rotatable bonds is 3. The molecule has 5 heteroatoms. The maximum Gasteiger partial charge on any atom is 0.292 e. The van der Waals surface area contributed by atoms with Gasteiger partial charge in [-0.05, 0) is 35.4 Å². The van der Waals surface area contributed by atoms with Crippen molar-refractivity contribution in [2.45, 2.75) is 6.54 Å². The highest BCUT2D eigenvalue weighted by Crippen LogP contribution is 2.24. The summed E-state index contributed by atoms with van der Waals surface area (Å²) in [5, 5.41) is 11.1. The maximum absolute atomic E-state index is 12.2. The van der Waals surface area contributed by atoms with E-state index < -0.39 is 5.56 Å². The molecule has 0 atom stereocenters. The molecule has 1 N–H and O–H groups in total. The van der Waals surface area contributed by atoms with Crippen molar-refractivity contribution < 1.29 is 5.11 Å². The van der Waals surface area contributed by atoms with Crippen molar-refractivity contribution >= 4 is 23.2 Å². The molecule has 3 nitrogen and oxygen atoms in total. The average Bonchev–Trinajstić information content (AvgIpc) is 2.53. The molecule has 0 saturated carbocycles. The molecule has 0 aliphatic heterocycles. The van der Waals surface area contributed by atoms with Crippen LogP contribution in [0.1, 0.15) is 5.56 Å². The van der Waals surface area contributed by atoms with Gasteiger partial charge in [-0.1, -0.05) is 53.5 Å². The summed E-state index contributed by atoms with van der Waals surface area (Å²) in [5.74, 6) is -0.311. The minimum Gasteiger partial charge on any atom is -0.503 e. The van der Waals surface area contributed by atoms with E-state index in [0.29, 0.717) is 15.6 Å². The fraction of sp³-hybridized carbons (Fsp3) is 0.0556. The Morgan fingerprint density at radius 2 is 1.74 bits per heavy atom. The zero-order chi connectivity index (χ0) is 16.4. The van der Waals surface area contributed by atoms with Crippen LogP contribution in [0.4, 0.5) is 0 Å². The first kappa shape index (κ1) is 15.7. The normalized spacial score (nSPS) is 10.7. The van der Waals surface area contributed by atoms with Crippen LogP contribution in [0.3, 0.4) is 0 Å². The summed E-state index contributed by atoms with van der Waals surface area (Å²) in [6.45, 7) is 0.278. The number of hydrogen-bond acceptors (Lipinski definition) is 2. The van der Waals surface area contributed by atoms with Gasteiger partial charge >= 0.3 is 0 Å². The summed E-state index contributed by atoms with van der Waals surface area (Å²) in [4.78, 5) is 12.2. The SMILES string of the molecule is O=c1c(O)cc(-c2cccc(Cl)c2)cn1Cc1ccccc1Cl. The van der Waals surface area contributed by atoms with Crippen molar-refractivity contribution in [2.75, 3.05) is 0 Å². The Labute approximate surface area is 143 Å². The van der Waals surface area contributed by atoms with Gasteiger partial charge in [-0.15, -0.1) is 0 Å². The number of halogens is 2. The molecule has 2 aromatic carbocycles. The molecule has 0 radical (unpaired) electrons. The van der Waals surface area contributed by atoms with E-state index in [1.165, 1.54) is 10.6 Å². The van der Waals surface area contributed by atoms with Crippen molar-refractivity contribution in [3.8, 4) is 16.9 Å². The molecule has 0 aliphatic carbocycles. The van der Waals surface area contributed by atoms with Crippen LogP contribution >= 0.6 is 23.2 Å². The van der Waals surface area contributed by atoms with E-state index in [0.717, 1.165) is 11.1 Å². The van der Waals surface area contributed by atoms with Crippen molar-refractivity contribution in [2.24, 2.45) is 0 Å². The predicted octanol–water partition coefficient (Wildman–Crippen LogP) is 4.58. The highest BCUT2D eigenvalue weighted by Gasteiger charge is 2.09. The number of hydrogen-bond donors (Lipinski definition) is 1. The van der Waals surface area contributed by atoms with Crippen LogP contribution in [0.15, 0.2) is 65.6 Å². The highest BCUT2D eigenvalue weighted by atomic mass is 35.5. The van der Waals surface area contributed by atoms with Crippen LogP contribution in [0, 0.1) is 0 Å². The number of pyridine rings is 1. The standard InChI is InChI=1S/C18H13Cl2NO2/c19-15-6-3-5-12(8-15)14-9-17(22)18(23)21(11-14)10-13-4-1-2-7-16(13)20/h1-9,11,22H,10H2. The molecular formula is C18H13Cl2NO2. The predicted molar refractivity (Wildman–Crippen MR) is 93.4 cm³/mol. The fourth-order valence-electron chi connectivity index (χ4n) is 2.37. The molecule has 0 spiro atoms. The molecule has 0 bridgehead atoms. The lowest BCUT2D eigenvalue weighted by atomic mass is 10.1. The van der Waals surface area contributed by atoms with E-state index in [-0.39, 0.29) is 12.3 Å². The molecule has 1 aromatic heterocycles. The van der Waals surface area contributed by atoms with E-state index in [4.69, 9.17) is 23.2 Å². The van der Waals surface area contributed by atoms with Gasteiger partial charge in [0.2, 0.25) is 0 Å². The number of nitrogens with zero attached hydrogens (tertiary/aromatic N) is 1. The average molecular weight is 346 g/mol. The van der Waals surface area contributed by atoms with Crippen molar-refractivity contribution in [3.05, 3.63) is 86.8 Å². The summed E-state index contributed by atoms with van der Waals surface area (Å²) < 4.78 is 1.44. The Morgan fingerprint density at radius 3 is 2.48 bits per heavy atom.